The SMILES string of the molecule is [C-]#[N+]c1ccc2c(c1)oc1ccc(C)c(-c3cccc[n+]3C)c12. The Morgan fingerprint density at radius 1 is 1.04 bits per heavy atom. The number of fused-ring (bicyclic) bond motifs is 3. The molecule has 0 atom stereocenters. The largest absolute Gasteiger partial charge is 0.457 e. The van der Waals surface area contributed by atoms with Crippen molar-refractivity contribution in [1.29, 1.82) is 0 Å². The molecular weight excluding hydrogens is 284 g/mol. The van der Waals surface area contributed by atoms with Gasteiger partial charge in [0.05, 0.1) is 12.1 Å². The molecule has 3 heteroatoms. The zero-order chi connectivity index (χ0) is 16.0. The van der Waals surface area contributed by atoms with Gasteiger partial charge in [0.1, 0.15) is 18.2 Å². The molecule has 0 N–H and O–H groups in total. The lowest BCUT2D eigenvalue weighted by molar-refractivity contribution is -0.660. The molecule has 3 nitrogen and oxygen atoms in total. The average Bonchev–Trinajstić information content (AvgIpc) is 2.93. The van der Waals surface area contributed by atoms with E-state index < -0.39 is 0 Å². The predicted octanol–water partition coefficient (Wildman–Crippen LogP) is 4.94. The third-order valence-corrected chi connectivity index (χ3v) is 4.27. The van der Waals surface area contributed by atoms with Crippen LogP contribution in [-0.4, -0.2) is 0 Å². The van der Waals surface area contributed by atoms with Crippen LogP contribution in [0.4, 0.5) is 5.69 Å². The third kappa shape index (κ3) is 2.00. The van der Waals surface area contributed by atoms with Crippen LogP contribution in [0.3, 0.4) is 0 Å². The molecule has 110 valence electrons. The van der Waals surface area contributed by atoms with Crippen molar-refractivity contribution >= 4 is 27.6 Å². The number of aromatic nitrogens is 1. The van der Waals surface area contributed by atoms with E-state index in [0.717, 1.165) is 27.6 Å². The molecule has 4 aromatic rings. The van der Waals surface area contributed by atoms with Gasteiger partial charge < -0.3 is 4.42 Å². The predicted molar refractivity (Wildman–Crippen MR) is 91.3 cm³/mol. The first-order valence-corrected chi connectivity index (χ1v) is 7.47. The van der Waals surface area contributed by atoms with Crippen molar-refractivity contribution in [3.8, 4) is 11.3 Å². The van der Waals surface area contributed by atoms with Crippen LogP contribution in [0.25, 0.3) is 38.0 Å². The van der Waals surface area contributed by atoms with Crippen LogP contribution in [0.15, 0.2) is 59.1 Å². The lowest BCUT2D eigenvalue weighted by Crippen LogP contribution is -2.30. The van der Waals surface area contributed by atoms with Gasteiger partial charge in [-0.1, -0.05) is 18.2 Å². The molecule has 2 aromatic carbocycles. The summed E-state index contributed by atoms with van der Waals surface area (Å²) < 4.78 is 8.12. The fourth-order valence-corrected chi connectivity index (χ4v) is 3.14. The number of benzene rings is 2. The quantitative estimate of drug-likeness (QED) is 0.360. The number of furan rings is 1. The molecule has 4 rings (SSSR count). The van der Waals surface area contributed by atoms with Gasteiger partial charge in [0.2, 0.25) is 5.69 Å². The van der Waals surface area contributed by atoms with Crippen LogP contribution in [0.5, 0.6) is 0 Å². The summed E-state index contributed by atoms with van der Waals surface area (Å²) in [5.74, 6) is 0. The van der Waals surface area contributed by atoms with Crippen LogP contribution in [0.2, 0.25) is 0 Å². The first-order chi connectivity index (χ1) is 11.2. The van der Waals surface area contributed by atoms with E-state index >= 15 is 0 Å². The molecule has 0 fully saturated rings. The minimum atomic E-state index is 0.597. The maximum atomic E-state index is 7.17. The summed E-state index contributed by atoms with van der Waals surface area (Å²) >= 11 is 0. The van der Waals surface area contributed by atoms with Gasteiger partial charge in [-0.05, 0) is 30.7 Å². The molecule has 0 aliphatic rings. The van der Waals surface area contributed by atoms with Crippen molar-refractivity contribution in [3.63, 3.8) is 0 Å². The molecule has 23 heavy (non-hydrogen) atoms. The van der Waals surface area contributed by atoms with Gasteiger partial charge in [-0.15, -0.1) is 0 Å². The van der Waals surface area contributed by atoms with Gasteiger partial charge in [-0.3, -0.25) is 0 Å². The highest BCUT2D eigenvalue weighted by Gasteiger charge is 2.19. The van der Waals surface area contributed by atoms with E-state index in [-0.39, 0.29) is 0 Å². The van der Waals surface area contributed by atoms with E-state index in [0.29, 0.717) is 5.69 Å². The molecule has 0 saturated carbocycles. The van der Waals surface area contributed by atoms with Crippen LogP contribution < -0.4 is 4.57 Å². The summed E-state index contributed by atoms with van der Waals surface area (Å²) in [5.41, 5.74) is 5.74. The Morgan fingerprint density at radius 2 is 1.91 bits per heavy atom. The first kappa shape index (κ1) is 13.5. The second-order valence-electron chi connectivity index (χ2n) is 5.72. The molecule has 0 aliphatic carbocycles. The summed E-state index contributed by atoms with van der Waals surface area (Å²) in [6, 6.07) is 15.9. The second kappa shape index (κ2) is 4.96. The van der Waals surface area contributed by atoms with E-state index in [1.54, 1.807) is 0 Å². The van der Waals surface area contributed by atoms with Crippen LogP contribution in [0.1, 0.15) is 5.56 Å². The van der Waals surface area contributed by atoms with E-state index in [1.807, 2.05) is 49.6 Å². The summed E-state index contributed by atoms with van der Waals surface area (Å²) in [7, 11) is 2.05. The van der Waals surface area contributed by atoms with Gasteiger partial charge >= 0.3 is 0 Å². The second-order valence-corrected chi connectivity index (χ2v) is 5.72. The van der Waals surface area contributed by atoms with Crippen LogP contribution in [0, 0.1) is 13.5 Å². The smallest absolute Gasteiger partial charge is 0.213 e. The Morgan fingerprint density at radius 3 is 2.70 bits per heavy atom. The lowest BCUT2D eigenvalue weighted by Gasteiger charge is -2.06. The number of rotatable bonds is 1. The zero-order valence-electron chi connectivity index (χ0n) is 13.0. The molecule has 0 amide bonds. The Labute approximate surface area is 134 Å². The Bertz CT molecular complexity index is 1100. The number of aryl methyl sites for hydroxylation is 2. The molecular formula is C20H15N2O+. The highest BCUT2D eigenvalue weighted by molar-refractivity contribution is 6.13. The third-order valence-electron chi connectivity index (χ3n) is 4.27. The molecule has 2 heterocycles. The van der Waals surface area contributed by atoms with Gasteiger partial charge in [0.15, 0.2) is 11.9 Å². The summed E-state index contributed by atoms with van der Waals surface area (Å²) in [5, 5.41) is 2.16. The van der Waals surface area contributed by atoms with E-state index in [2.05, 4.69) is 28.5 Å². The van der Waals surface area contributed by atoms with Crippen molar-refractivity contribution in [2.75, 3.05) is 0 Å². The standard InChI is InChI=1S/C20H15N2O/c1-13-7-10-17-20(19(13)16-6-4-5-11-22(16)3)15-9-8-14(21-2)12-18(15)23-17/h4-12H,1,3H3/q+1. The monoisotopic (exact) mass is 299 g/mol. The van der Waals surface area contributed by atoms with Crippen molar-refractivity contribution in [2.45, 2.75) is 6.92 Å². The van der Waals surface area contributed by atoms with Crippen molar-refractivity contribution < 1.29 is 8.98 Å². The number of nitrogens with zero attached hydrogens (tertiary/aromatic N) is 2. The van der Waals surface area contributed by atoms with Gasteiger partial charge in [0, 0.05) is 22.9 Å². The summed E-state index contributed by atoms with van der Waals surface area (Å²) in [6.07, 6.45) is 2.05. The fourth-order valence-electron chi connectivity index (χ4n) is 3.14. The molecule has 2 aromatic heterocycles. The topological polar surface area (TPSA) is 21.4 Å². The highest BCUT2D eigenvalue weighted by atomic mass is 16.3. The number of pyridine rings is 1. The first-order valence-electron chi connectivity index (χ1n) is 7.47. The normalized spacial score (nSPS) is 11.0. The molecule has 0 bridgehead atoms. The number of hydrogen-bond acceptors (Lipinski definition) is 1. The minimum Gasteiger partial charge on any atom is -0.457 e. The molecule has 0 radical (unpaired) electrons. The molecule has 0 saturated heterocycles. The highest BCUT2D eigenvalue weighted by Crippen LogP contribution is 2.38. The van der Waals surface area contributed by atoms with Crippen LogP contribution >= 0.6 is 0 Å². The molecule has 0 unspecified atom stereocenters. The van der Waals surface area contributed by atoms with Crippen molar-refractivity contribution in [1.82, 2.24) is 0 Å². The van der Waals surface area contributed by atoms with E-state index in [1.165, 1.54) is 11.1 Å². The number of hydrogen-bond donors (Lipinski definition) is 0. The van der Waals surface area contributed by atoms with Gasteiger partial charge in [-0.25, -0.2) is 9.41 Å². The zero-order valence-corrected chi connectivity index (χ0v) is 13.0. The summed E-state index contributed by atoms with van der Waals surface area (Å²) in [4.78, 5) is 3.49. The van der Waals surface area contributed by atoms with Gasteiger partial charge in [-0.2, -0.15) is 0 Å². The Kier molecular flexibility index (Phi) is 2.92. The van der Waals surface area contributed by atoms with Gasteiger partial charge in [0.25, 0.3) is 0 Å². The van der Waals surface area contributed by atoms with Crippen LogP contribution in [-0.2, 0) is 7.05 Å². The van der Waals surface area contributed by atoms with Crippen molar-refractivity contribution in [2.24, 2.45) is 7.05 Å². The summed E-state index contributed by atoms with van der Waals surface area (Å²) in [6.45, 7) is 9.29. The maximum Gasteiger partial charge on any atom is 0.213 e. The van der Waals surface area contributed by atoms with E-state index in [9.17, 15) is 0 Å². The maximum absolute atomic E-state index is 7.17. The molecule has 0 spiro atoms. The lowest BCUT2D eigenvalue weighted by atomic mass is 9.98. The minimum absolute atomic E-state index is 0.597. The Hall–Kier alpha value is -3.12. The average molecular weight is 299 g/mol. The van der Waals surface area contributed by atoms with Crippen molar-refractivity contribution in [3.05, 3.63) is 71.7 Å². The Balaban J connectivity index is 2.17. The van der Waals surface area contributed by atoms with E-state index in [4.69, 9.17) is 11.0 Å². The fraction of sp³-hybridized carbons (Fsp3) is 0.100. The molecule has 0 aliphatic heterocycles.